The second-order valence-electron chi connectivity index (χ2n) is 3.88. The third kappa shape index (κ3) is 2.63. The molecule has 100 valence electrons. The molecule has 0 bridgehead atoms. The Kier molecular flexibility index (Phi) is 3.91. The van der Waals surface area contributed by atoms with Crippen molar-refractivity contribution < 1.29 is 14.0 Å². The second kappa shape index (κ2) is 5.62. The average molecular weight is 263 g/mol. The van der Waals surface area contributed by atoms with E-state index in [2.05, 4.69) is 15.4 Å². The van der Waals surface area contributed by atoms with Crippen molar-refractivity contribution in [3.05, 3.63) is 47.5 Å². The van der Waals surface area contributed by atoms with E-state index in [4.69, 9.17) is 0 Å². The summed E-state index contributed by atoms with van der Waals surface area (Å²) < 4.78 is 14.5. The highest BCUT2D eigenvalue weighted by Crippen LogP contribution is 2.16. The molecule has 0 fully saturated rings. The Morgan fingerprint density at radius 3 is 2.68 bits per heavy atom. The van der Waals surface area contributed by atoms with E-state index >= 15 is 0 Å². The van der Waals surface area contributed by atoms with E-state index in [9.17, 15) is 9.18 Å². The molecule has 19 heavy (non-hydrogen) atoms. The van der Waals surface area contributed by atoms with Gasteiger partial charge < -0.3 is 0 Å². The normalized spacial score (nSPS) is 10.5. The molecule has 0 aliphatic rings. The number of rotatable bonds is 4. The molecule has 6 heteroatoms. The van der Waals surface area contributed by atoms with Crippen LogP contribution in [0.3, 0.4) is 0 Å². The molecule has 0 spiro atoms. The first-order chi connectivity index (χ1) is 9.17. The first-order valence-corrected chi connectivity index (χ1v) is 5.83. The summed E-state index contributed by atoms with van der Waals surface area (Å²) in [7, 11) is 1.37. The topological polar surface area (TPSA) is 56.1 Å². The Hall–Kier alpha value is -2.21. The average Bonchev–Trinajstić information content (AvgIpc) is 2.83. The molecule has 0 atom stereocenters. The third-order valence-corrected chi connectivity index (χ3v) is 2.71. The monoisotopic (exact) mass is 263 g/mol. The fourth-order valence-corrected chi connectivity index (χ4v) is 1.86. The molecule has 0 aliphatic carbocycles. The molecule has 1 aromatic heterocycles. The van der Waals surface area contributed by atoms with Gasteiger partial charge >= 0.3 is 0 Å². The predicted octanol–water partition coefficient (Wildman–Crippen LogP) is 1.86. The fraction of sp³-hybridized carbons (Fsp3) is 0.231. The zero-order valence-corrected chi connectivity index (χ0v) is 10.7. The summed E-state index contributed by atoms with van der Waals surface area (Å²) in [5.41, 5.74) is 4.14. The minimum Gasteiger partial charge on any atom is -0.277 e. The Morgan fingerprint density at radius 2 is 2.11 bits per heavy atom. The molecule has 1 amide bonds. The van der Waals surface area contributed by atoms with Gasteiger partial charge in [-0.3, -0.25) is 9.63 Å². The number of hydrogen-bond donors (Lipinski definition) is 1. The molecule has 0 radical (unpaired) electrons. The molecule has 1 heterocycles. The van der Waals surface area contributed by atoms with Crippen molar-refractivity contribution in [3.63, 3.8) is 0 Å². The van der Waals surface area contributed by atoms with Crippen molar-refractivity contribution >= 4 is 5.91 Å². The van der Waals surface area contributed by atoms with Crippen LogP contribution in [0, 0.1) is 5.82 Å². The standard InChI is InChI=1S/C13H14FN3O2/c1-3-12-11(13(18)16-19-2)8-15-17(12)10-6-4-9(14)5-7-10/h4-8H,3H2,1-2H3,(H,16,18). The molecule has 5 nitrogen and oxygen atoms in total. The van der Waals surface area contributed by atoms with Gasteiger partial charge in [-0.25, -0.2) is 14.6 Å². The lowest BCUT2D eigenvalue weighted by atomic mass is 10.2. The zero-order valence-electron chi connectivity index (χ0n) is 10.7. The van der Waals surface area contributed by atoms with Gasteiger partial charge in [0.15, 0.2) is 0 Å². The van der Waals surface area contributed by atoms with Gasteiger partial charge in [-0.05, 0) is 30.7 Å². The van der Waals surface area contributed by atoms with Crippen molar-refractivity contribution in [1.82, 2.24) is 15.3 Å². The molecule has 1 N–H and O–H groups in total. The highest BCUT2D eigenvalue weighted by atomic mass is 19.1. The fourth-order valence-electron chi connectivity index (χ4n) is 1.86. The van der Waals surface area contributed by atoms with Gasteiger partial charge in [-0.15, -0.1) is 0 Å². The first-order valence-electron chi connectivity index (χ1n) is 5.83. The molecule has 0 unspecified atom stereocenters. The number of carbonyl (C=O) groups is 1. The number of hydroxylamine groups is 1. The van der Waals surface area contributed by atoms with E-state index in [0.717, 1.165) is 5.69 Å². The number of aromatic nitrogens is 2. The highest BCUT2D eigenvalue weighted by Gasteiger charge is 2.16. The van der Waals surface area contributed by atoms with E-state index in [1.807, 2.05) is 6.92 Å². The number of nitrogens with zero attached hydrogens (tertiary/aromatic N) is 2. The van der Waals surface area contributed by atoms with E-state index in [1.54, 1.807) is 16.8 Å². The summed E-state index contributed by atoms with van der Waals surface area (Å²) in [6.07, 6.45) is 2.08. The summed E-state index contributed by atoms with van der Waals surface area (Å²) in [6, 6.07) is 5.93. The maximum absolute atomic E-state index is 12.9. The summed E-state index contributed by atoms with van der Waals surface area (Å²) in [6.45, 7) is 1.92. The molecular formula is C13H14FN3O2. The SMILES string of the molecule is CCc1c(C(=O)NOC)cnn1-c1ccc(F)cc1. The highest BCUT2D eigenvalue weighted by molar-refractivity contribution is 5.94. The van der Waals surface area contributed by atoms with Gasteiger partial charge in [0.2, 0.25) is 0 Å². The Labute approximate surface area is 110 Å². The smallest absolute Gasteiger partial charge is 0.277 e. The Bertz CT molecular complexity index is 578. The first kappa shape index (κ1) is 13.2. The second-order valence-corrected chi connectivity index (χ2v) is 3.88. The minimum atomic E-state index is -0.354. The summed E-state index contributed by atoms with van der Waals surface area (Å²) >= 11 is 0. The molecule has 0 saturated heterocycles. The number of nitrogens with one attached hydrogen (secondary N) is 1. The molecular weight excluding hydrogens is 249 g/mol. The Morgan fingerprint density at radius 1 is 1.42 bits per heavy atom. The van der Waals surface area contributed by atoms with Crippen molar-refractivity contribution in [2.45, 2.75) is 13.3 Å². The van der Waals surface area contributed by atoms with Gasteiger partial charge in [0.05, 0.1) is 30.3 Å². The van der Waals surface area contributed by atoms with E-state index < -0.39 is 0 Å². The quantitative estimate of drug-likeness (QED) is 0.857. The third-order valence-electron chi connectivity index (χ3n) is 2.71. The zero-order chi connectivity index (χ0) is 13.8. The van der Waals surface area contributed by atoms with Crippen LogP contribution in [0.4, 0.5) is 4.39 Å². The van der Waals surface area contributed by atoms with Crippen molar-refractivity contribution in [3.8, 4) is 5.69 Å². The van der Waals surface area contributed by atoms with Gasteiger partial charge in [0.25, 0.3) is 5.91 Å². The van der Waals surface area contributed by atoms with E-state index in [1.165, 1.54) is 25.4 Å². The van der Waals surface area contributed by atoms with Crippen LogP contribution in [0.5, 0.6) is 0 Å². The molecule has 1 aromatic carbocycles. The summed E-state index contributed by atoms with van der Waals surface area (Å²) in [4.78, 5) is 16.4. The van der Waals surface area contributed by atoms with Crippen LogP contribution in [-0.4, -0.2) is 22.8 Å². The maximum Gasteiger partial charge on any atom is 0.278 e. The van der Waals surface area contributed by atoms with Crippen LogP contribution >= 0.6 is 0 Å². The van der Waals surface area contributed by atoms with Crippen LogP contribution < -0.4 is 5.48 Å². The molecule has 2 rings (SSSR count). The Balaban J connectivity index is 2.42. The maximum atomic E-state index is 12.9. The summed E-state index contributed by atoms with van der Waals surface area (Å²) in [5, 5.41) is 4.17. The van der Waals surface area contributed by atoms with Crippen LogP contribution in [0.25, 0.3) is 5.69 Å². The van der Waals surface area contributed by atoms with Crippen LogP contribution in [0.1, 0.15) is 23.0 Å². The lowest BCUT2D eigenvalue weighted by molar-refractivity contribution is 0.0536. The van der Waals surface area contributed by atoms with Gasteiger partial charge in [0, 0.05) is 0 Å². The summed E-state index contributed by atoms with van der Waals surface area (Å²) in [5.74, 6) is -0.668. The van der Waals surface area contributed by atoms with Crippen molar-refractivity contribution in [1.29, 1.82) is 0 Å². The predicted molar refractivity (Wildman–Crippen MR) is 67.4 cm³/mol. The van der Waals surface area contributed by atoms with Crippen molar-refractivity contribution in [2.24, 2.45) is 0 Å². The number of halogens is 1. The van der Waals surface area contributed by atoms with Crippen LogP contribution in [0.2, 0.25) is 0 Å². The van der Waals surface area contributed by atoms with Gasteiger partial charge in [-0.1, -0.05) is 6.92 Å². The number of carbonyl (C=O) groups excluding carboxylic acids is 1. The largest absolute Gasteiger partial charge is 0.278 e. The molecule has 0 saturated carbocycles. The van der Waals surface area contributed by atoms with Gasteiger partial charge in [0.1, 0.15) is 5.82 Å². The van der Waals surface area contributed by atoms with Gasteiger partial charge in [-0.2, -0.15) is 5.10 Å². The molecule has 0 aliphatic heterocycles. The van der Waals surface area contributed by atoms with E-state index in [0.29, 0.717) is 17.7 Å². The number of benzene rings is 1. The van der Waals surface area contributed by atoms with Crippen LogP contribution in [0.15, 0.2) is 30.5 Å². The minimum absolute atomic E-state index is 0.314. The lowest BCUT2D eigenvalue weighted by Crippen LogP contribution is -2.22. The van der Waals surface area contributed by atoms with Crippen LogP contribution in [-0.2, 0) is 11.3 Å². The number of amides is 1. The molecule has 2 aromatic rings. The lowest BCUT2D eigenvalue weighted by Gasteiger charge is -2.07. The number of hydrogen-bond acceptors (Lipinski definition) is 3. The van der Waals surface area contributed by atoms with Crippen molar-refractivity contribution in [2.75, 3.05) is 7.11 Å². The van der Waals surface area contributed by atoms with E-state index in [-0.39, 0.29) is 11.7 Å².